The third kappa shape index (κ3) is 7.54. The van der Waals surface area contributed by atoms with E-state index in [1.807, 2.05) is 19.2 Å². The molecule has 1 saturated carbocycles. The Balaban J connectivity index is 1.45. The zero-order chi connectivity index (χ0) is 25.3. The lowest BCUT2D eigenvalue weighted by molar-refractivity contribution is 0.121. The van der Waals surface area contributed by atoms with Crippen LogP contribution in [-0.2, 0) is 6.54 Å². The summed E-state index contributed by atoms with van der Waals surface area (Å²) in [7, 11) is 0. The Hall–Kier alpha value is -2.43. The summed E-state index contributed by atoms with van der Waals surface area (Å²) in [4.78, 5) is 18.3. The Morgan fingerprint density at radius 1 is 1.06 bits per heavy atom. The van der Waals surface area contributed by atoms with Crippen LogP contribution in [0.15, 0.2) is 24.5 Å². The Morgan fingerprint density at radius 3 is 2.47 bits per heavy atom. The molecule has 4 rings (SSSR count). The molecule has 0 amide bonds. The normalized spacial score (nSPS) is 22.3. The molecule has 1 unspecified atom stereocenters. The molecule has 1 aliphatic heterocycles. The molecule has 1 atom stereocenters. The Morgan fingerprint density at radius 2 is 1.81 bits per heavy atom. The molecule has 8 nitrogen and oxygen atoms in total. The Labute approximate surface area is 212 Å². The molecule has 198 valence electrons. The highest BCUT2D eigenvalue weighted by Crippen LogP contribution is 2.29. The van der Waals surface area contributed by atoms with Gasteiger partial charge in [-0.25, -0.2) is 13.8 Å². The number of hydrogen-bond donors (Lipinski definition) is 3. The highest BCUT2D eigenvalue weighted by Gasteiger charge is 2.22. The van der Waals surface area contributed by atoms with E-state index in [-0.39, 0.29) is 25.4 Å². The van der Waals surface area contributed by atoms with Crippen LogP contribution in [0.2, 0.25) is 0 Å². The number of aromatic nitrogens is 3. The van der Waals surface area contributed by atoms with Gasteiger partial charge in [-0.2, -0.15) is 4.98 Å². The zero-order valence-electron chi connectivity index (χ0n) is 21.2. The topological polar surface area (TPSA) is 89.4 Å². The second-order valence-corrected chi connectivity index (χ2v) is 9.85. The van der Waals surface area contributed by atoms with Gasteiger partial charge in [0.05, 0.1) is 17.4 Å². The summed E-state index contributed by atoms with van der Waals surface area (Å²) in [6.45, 7) is 6.64. The van der Waals surface area contributed by atoms with Gasteiger partial charge in [0.2, 0.25) is 5.95 Å². The molecular weight excluding hydrogens is 464 g/mol. The number of pyridine rings is 1. The summed E-state index contributed by atoms with van der Waals surface area (Å²) in [6, 6.07) is 4.28. The van der Waals surface area contributed by atoms with Crippen LogP contribution in [-0.4, -0.2) is 94.1 Å². The average molecular weight is 504 g/mol. The lowest BCUT2D eigenvalue weighted by Gasteiger charge is -2.34. The molecule has 0 bridgehead atoms. The molecule has 0 spiro atoms. The fraction of sp³-hybridized carbons (Fsp3) is 0.654. The summed E-state index contributed by atoms with van der Waals surface area (Å²) in [5, 5.41) is 16.4. The molecule has 2 aromatic rings. The SMILES string of the molecule is CCC(F)CNc1ncc(-c2ccc(CN3CCN(CCF)CC3)cn2)c(NC2CCC(O)CC2)n1. The largest absolute Gasteiger partial charge is 0.393 e. The van der Waals surface area contributed by atoms with Crippen molar-refractivity contribution >= 4 is 11.8 Å². The van der Waals surface area contributed by atoms with Gasteiger partial charge in [-0.1, -0.05) is 13.0 Å². The standard InChI is InChI=1S/C26H39F2N7O/c1-2-20(28)16-30-26-31-17-23(25(33-26)32-21-4-6-22(36)7-5-21)24-8-3-19(15-29-24)18-35-13-11-34(10-9-27)12-14-35/h3,8,15,17,20-22,36H,2,4-7,9-14,16,18H2,1H3,(H2,30,31,32,33). The van der Waals surface area contributed by atoms with E-state index in [0.29, 0.717) is 24.7 Å². The van der Waals surface area contributed by atoms with E-state index in [1.54, 1.807) is 6.20 Å². The third-order valence-corrected chi connectivity index (χ3v) is 7.12. The van der Waals surface area contributed by atoms with Gasteiger partial charge >= 0.3 is 0 Å². The minimum absolute atomic E-state index is 0.167. The molecule has 0 aromatic carbocycles. The number of piperazine rings is 1. The van der Waals surface area contributed by atoms with E-state index in [2.05, 4.69) is 36.5 Å². The van der Waals surface area contributed by atoms with Crippen LogP contribution >= 0.6 is 0 Å². The maximum atomic E-state index is 13.7. The first-order chi connectivity index (χ1) is 17.5. The van der Waals surface area contributed by atoms with Gasteiger partial charge in [-0.05, 0) is 43.7 Å². The number of alkyl halides is 2. The van der Waals surface area contributed by atoms with Crippen molar-refractivity contribution < 1.29 is 13.9 Å². The number of anilines is 2. The maximum absolute atomic E-state index is 13.7. The van der Waals surface area contributed by atoms with Crippen molar-refractivity contribution in [2.75, 3.05) is 56.6 Å². The zero-order valence-corrected chi connectivity index (χ0v) is 21.2. The van der Waals surface area contributed by atoms with E-state index >= 15 is 0 Å². The second-order valence-electron chi connectivity index (χ2n) is 9.85. The van der Waals surface area contributed by atoms with Crippen molar-refractivity contribution in [1.29, 1.82) is 0 Å². The summed E-state index contributed by atoms with van der Waals surface area (Å²) < 4.78 is 26.3. The van der Waals surface area contributed by atoms with Crippen LogP contribution in [0.3, 0.4) is 0 Å². The average Bonchev–Trinajstić information content (AvgIpc) is 2.90. The number of halogens is 2. The molecule has 1 saturated heterocycles. The van der Waals surface area contributed by atoms with Crippen molar-refractivity contribution in [2.45, 2.75) is 63.9 Å². The van der Waals surface area contributed by atoms with Crippen molar-refractivity contribution in [3.05, 3.63) is 30.1 Å². The van der Waals surface area contributed by atoms with E-state index in [9.17, 15) is 13.9 Å². The monoisotopic (exact) mass is 503 g/mol. The number of rotatable bonds is 11. The van der Waals surface area contributed by atoms with E-state index < -0.39 is 6.17 Å². The van der Waals surface area contributed by atoms with Crippen molar-refractivity contribution in [1.82, 2.24) is 24.8 Å². The molecule has 36 heavy (non-hydrogen) atoms. The molecule has 0 radical (unpaired) electrons. The van der Waals surface area contributed by atoms with Gasteiger partial charge in [0, 0.05) is 64.2 Å². The van der Waals surface area contributed by atoms with Crippen molar-refractivity contribution in [3.8, 4) is 11.3 Å². The van der Waals surface area contributed by atoms with Gasteiger partial charge < -0.3 is 15.7 Å². The lowest BCUT2D eigenvalue weighted by atomic mass is 9.93. The fourth-order valence-electron chi connectivity index (χ4n) is 4.75. The first-order valence-corrected chi connectivity index (χ1v) is 13.2. The molecule has 1 aliphatic carbocycles. The highest BCUT2D eigenvalue weighted by molar-refractivity contribution is 5.73. The minimum Gasteiger partial charge on any atom is -0.393 e. The van der Waals surface area contributed by atoms with Crippen LogP contribution in [0.25, 0.3) is 11.3 Å². The number of hydrogen-bond acceptors (Lipinski definition) is 8. The predicted molar refractivity (Wildman–Crippen MR) is 139 cm³/mol. The van der Waals surface area contributed by atoms with Crippen LogP contribution in [0.4, 0.5) is 20.5 Å². The van der Waals surface area contributed by atoms with Gasteiger partial charge in [0.1, 0.15) is 18.7 Å². The summed E-state index contributed by atoms with van der Waals surface area (Å²) in [5.74, 6) is 1.06. The molecule has 2 aliphatic rings. The first-order valence-electron chi connectivity index (χ1n) is 13.2. The van der Waals surface area contributed by atoms with E-state index in [1.165, 1.54) is 0 Å². The van der Waals surface area contributed by atoms with Gasteiger partial charge in [0.25, 0.3) is 0 Å². The van der Waals surface area contributed by atoms with Crippen LogP contribution in [0, 0.1) is 0 Å². The second kappa shape index (κ2) is 13.2. The van der Waals surface area contributed by atoms with Crippen LogP contribution in [0.1, 0.15) is 44.6 Å². The van der Waals surface area contributed by atoms with Crippen LogP contribution < -0.4 is 10.6 Å². The first kappa shape index (κ1) is 26.6. The van der Waals surface area contributed by atoms with Crippen LogP contribution in [0.5, 0.6) is 0 Å². The van der Waals surface area contributed by atoms with E-state index in [0.717, 1.165) is 75.2 Å². The molecule has 10 heteroatoms. The predicted octanol–water partition coefficient (Wildman–Crippen LogP) is 3.50. The molecule has 2 aromatic heterocycles. The Kier molecular flexibility index (Phi) is 9.77. The molecule has 3 heterocycles. The molecule has 2 fully saturated rings. The number of nitrogens with one attached hydrogen (secondary N) is 2. The molecule has 3 N–H and O–H groups in total. The van der Waals surface area contributed by atoms with Gasteiger partial charge in [-0.15, -0.1) is 0 Å². The number of nitrogens with zero attached hydrogens (tertiary/aromatic N) is 5. The smallest absolute Gasteiger partial charge is 0.224 e. The summed E-state index contributed by atoms with van der Waals surface area (Å²) in [6.07, 6.45) is 6.13. The number of aliphatic hydroxyl groups is 1. The Bertz CT molecular complexity index is 932. The van der Waals surface area contributed by atoms with E-state index in [4.69, 9.17) is 4.98 Å². The fourth-order valence-corrected chi connectivity index (χ4v) is 4.75. The minimum atomic E-state index is -0.953. The summed E-state index contributed by atoms with van der Waals surface area (Å²) in [5.41, 5.74) is 2.69. The van der Waals surface area contributed by atoms with Crippen molar-refractivity contribution in [2.24, 2.45) is 0 Å². The highest BCUT2D eigenvalue weighted by atomic mass is 19.1. The van der Waals surface area contributed by atoms with Gasteiger partial charge in [-0.3, -0.25) is 14.8 Å². The quantitative estimate of drug-likeness (QED) is 0.429. The van der Waals surface area contributed by atoms with Crippen molar-refractivity contribution in [3.63, 3.8) is 0 Å². The summed E-state index contributed by atoms with van der Waals surface area (Å²) >= 11 is 0. The lowest BCUT2D eigenvalue weighted by Crippen LogP contribution is -2.46. The third-order valence-electron chi connectivity index (χ3n) is 7.12. The number of aliphatic hydroxyl groups excluding tert-OH is 1. The molecular formula is C26H39F2N7O. The maximum Gasteiger partial charge on any atom is 0.224 e. The van der Waals surface area contributed by atoms with Gasteiger partial charge in [0.15, 0.2) is 0 Å².